The number of hydrogen-bond donors (Lipinski definition) is 2. The first kappa shape index (κ1) is 19.4. The van der Waals surface area contributed by atoms with Crippen molar-refractivity contribution in [1.82, 2.24) is 10.2 Å². The third kappa shape index (κ3) is 6.48. The van der Waals surface area contributed by atoms with Crippen molar-refractivity contribution in [1.29, 1.82) is 0 Å². The lowest BCUT2D eigenvalue weighted by Crippen LogP contribution is -2.43. The van der Waals surface area contributed by atoms with Crippen LogP contribution in [0.1, 0.15) is 24.0 Å². The van der Waals surface area contributed by atoms with Crippen LogP contribution >= 0.6 is 0 Å². The zero-order chi connectivity index (χ0) is 18.2. The van der Waals surface area contributed by atoms with Gasteiger partial charge in [0.15, 0.2) is 0 Å². The number of benzene rings is 1. The average molecular weight is 347 g/mol. The van der Waals surface area contributed by atoms with E-state index in [0.717, 1.165) is 42.7 Å². The molecule has 2 rings (SSSR count). The van der Waals surface area contributed by atoms with Gasteiger partial charge >= 0.3 is 0 Å². The summed E-state index contributed by atoms with van der Waals surface area (Å²) in [5, 5.41) is 5.86. The number of rotatable bonds is 7. The minimum absolute atomic E-state index is 0.00649. The first-order chi connectivity index (χ1) is 12.0. The van der Waals surface area contributed by atoms with E-state index in [1.807, 2.05) is 26.0 Å². The third-order valence-electron chi connectivity index (χ3n) is 4.44. The van der Waals surface area contributed by atoms with E-state index >= 15 is 0 Å². The number of piperidine rings is 1. The van der Waals surface area contributed by atoms with Crippen LogP contribution in [-0.2, 0) is 14.3 Å². The Kier molecular flexibility index (Phi) is 7.40. The number of anilines is 1. The van der Waals surface area contributed by atoms with Gasteiger partial charge < -0.3 is 15.4 Å². The average Bonchev–Trinajstić information content (AvgIpc) is 2.54. The number of carbonyl (C=O) groups is 2. The molecular formula is C19H29N3O3. The highest BCUT2D eigenvalue weighted by atomic mass is 16.5. The maximum absolute atomic E-state index is 12.2. The summed E-state index contributed by atoms with van der Waals surface area (Å²) >= 11 is 0. The monoisotopic (exact) mass is 347 g/mol. The summed E-state index contributed by atoms with van der Waals surface area (Å²) in [6.07, 6.45) is 1.57. The Morgan fingerprint density at radius 2 is 1.80 bits per heavy atom. The molecule has 0 saturated carbocycles. The molecule has 2 N–H and O–H groups in total. The zero-order valence-corrected chi connectivity index (χ0v) is 15.4. The number of nitrogens with zero attached hydrogens (tertiary/aromatic N) is 1. The van der Waals surface area contributed by atoms with Crippen LogP contribution in [0.4, 0.5) is 5.69 Å². The summed E-state index contributed by atoms with van der Waals surface area (Å²) in [4.78, 5) is 26.4. The van der Waals surface area contributed by atoms with Crippen molar-refractivity contribution < 1.29 is 14.3 Å². The Balaban J connectivity index is 1.74. The highest BCUT2D eigenvalue weighted by Crippen LogP contribution is 2.18. The Morgan fingerprint density at radius 1 is 1.16 bits per heavy atom. The van der Waals surface area contributed by atoms with Crippen LogP contribution in [0.2, 0.25) is 0 Å². The Labute approximate surface area is 149 Å². The van der Waals surface area contributed by atoms with Gasteiger partial charge in [0.1, 0.15) is 0 Å². The van der Waals surface area contributed by atoms with Crippen molar-refractivity contribution in [2.75, 3.05) is 45.2 Å². The molecule has 1 aliphatic heterocycles. The van der Waals surface area contributed by atoms with Crippen molar-refractivity contribution in [3.63, 3.8) is 0 Å². The molecular weight excluding hydrogens is 318 g/mol. The van der Waals surface area contributed by atoms with E-state index in [1.54, 1.807) is 7.11 Å². The van der Waals surface area contributed by atoms with Crippen LogP contribution in [-0.4, -0.2) is 56.6 Å². The standard InChI is InChI=1S/C19H29N3O3/c1-14-10-15(2)12-17(11-14)21-18(23)13-22-7-4-16(5-8-22)19(24)20-6-9-25-3/h10-12,16H,4-9,13H2,1-3H3,(H,20,24)(H,21,23). The summed E-state index contributed by atoms with van der Waals surface area (Å²) in [5.74, 6) is 0.125. The second kappa shape index (κ2) is 9.53. The van der Waals surface area contributed by atoms with Crippen LogP contribution in [0.25, 0.3) is 0 Å². The van der Waals surface area contributed by atoms with E-state index in [9.17, 15) is 9.59 Å². The lowest BCUT2D eigenvalue weighted by atomic mass is 9.96. The molecule has 0 unspecified atom stereocenters. The fraction of sp³-hybridized carbons (Fsp3) is 0.579. The number of amides is 2. The maximum Gasteiger partial charge on any atom is 0.238 e. The van der Waals surface area contributed by atoms with Gasteiger partial charge in [-0.3, -0.25) is 14.5 Å². The van der Waals surface area contributed by atoms with E-state index < -0.39 is 0 Å². The Morgan fingerprint density at radius 3 is 2.40 bits per heavy atom. The largest absolute Gasteiger partial charge is 0.383 e. The minimum atomic E-state index is -0.00649. The zero-order valence-electron chi connectivity index (χ0n) is 15.4. The van der Waals surface area contributed by atoms with Gasteiger partial charge in [0.2, 0.25) is 11.8 Å². The number of likely N-dealkylation sites (tertiary alicyclic amines) is 1. The predicted octanol–water partition coefficient (Wildman–Crippen LogP) is 1.72. The van der Waals surface area contributed by atoms with Crippen LogP contribution in [0.3, 0.4) is 0 Å². The highest BCUT2D eigenvalue weighted by molar-refractivity contribution is 5.92. The number of aryl methyl sites for hydroxylation is 2. The van der Waals surface area contributed by atoms with E-state index in [2.05, 4.69) is 21.6 Å². The molecule has 6 heteroatoms. The molecule has 0 atom stereocenters. The fourth-order valence-electron chi connectivity index (χ4n) is 3.22. The molecule has 1 fully saturated rings. The van der Waals surface area contributed by atoms with Crippen molar-refractivity contribution in [2.45, 2.75) is 26.7 Å². The molecule has 25 heavy (non-hydrogen) atoms. The molecule has 2 amide bonds. The molecule has 1 saturated heterocycles. The van der Waals surface area contributed by atoms with Crippen molar-refractivity contribution in [3.05, 3.63) is 29.3 Å². The second-order valence-corrected chi connectivity index (χ2v) is 6.76. The summed E-state index contributed by atoms with van der Waals surface area (Å²) in [6, 6.07) is 6.03. The van der Waals surface area contributed by atoms with Crippen molar-refractivity contribution >= 4 is 17.5 Å². The van der Waals surface area contributed by atoms with Gasteiger partial charge in [0.05, 0.1) is 13.2 Å². The van der Waals surface area contributed by atoms with Crippen molar-refractivity contribution in [2.24, 2.45) is 5.92 Å². The molecule has 6 nitrogen and oxygen atoms in total. The molecule has 1 aromatic rings. The quantitative estimate of drug-likeness (QED) is 0.737. The number of hydrogen-bond acceptors (Lipinski definition) is 4. The molecule has 0 radical (unpaired) electrons. The summed E-state index contributed by atoms with van der Waals surface area (Å²) in [5.41, 5.74) is 3.11. The highest BCUT2D eigenvalue weighted by Gasteiger charge is 2.25. The summed E-state index contributed by atoms with van der Waals surface area (Å²) < 4.78 is 4.94. The minimum Gasteiger partial charge on any atom is -0.383 e. The van der Waals surface area contributed by atoms with Gasteiger partial charge in [-0.2, -0.15) is 0 Å². The summed E-state index contributed by atoms with van der Waals surface area (Å²) in [7, 11) is 1.62. The van der Waals surface area contributed by atoms with Crippen molar-refractivity contribution in [3.8, 4) is 0 Å². The lowest BCUT2D eigenvalue weighted by molar-refractivity contribution is -0.126. The second-order valence-electron chi connectivity index (χ2n) is 6.76. The van der Waals surface area contributed by atoms with E-state index in [4.69, 9.17) is 4.74 Å². The Hall–Kier alpha value is -1.92. The topological polar surface area (TPSA) is 70.7 Å². The molecule has 138 valence electrons. The number of ether oxygens (including phenoxy) is 1. The fourth-order valence-corrected chi connectivity index (χ4v) is 3.22. The molecule has 0 spiro atoms. The van der Waals surface area contributed by atoms with E-state index in [0.29, 0.717) is 19.7 Å². The van der Waals surface area contributed by atoms with Gasteiger partial charge in [-0.15, -0.1) is 0 Å². The van der Waals surface area contributed by atoms with Crippen LogP contribution in [0.5, 0.6) is 0 Å². The van der Waals surface area contributed by atoms with E-state index in [1.165, 1.54) is 0 Å². The SMILES string of the molecule is COCCNC(=O)C1CCN(CC(=O)Nc2cc(C)cc(C)c2)CC1. The third-order valence-corrected chi connectivity index (χ3v) is 4.44. The molecule has 1 heterocycles. The Bertz CT molecular complexity index is 575. The van der Waals surface area contributed by atoms with E-state index in [-0.39, 0.29) is 17.7 Å². The smallest absolute Gasteiger partial charge is 0.238 e. The van der Waals surface area contributed by atoms with Gasteiger partial charge in [-0.1, -0.05) is 6.07 Å². The summed E-state index contributed by atoms with van der Waals surface area (Å²) in [6.45, 7) is 7.02. The van der Waals surface area contributed by atoms with Gasteiger partial charge in [0, 0.05) is 25.3 Å². The molecule has 1 aromatic carbocycles. The first-order valence-corrected chi connectivity index (χ1v) is 8.85. The normalized spacial score (nSPS) is 15.8. The number of carbonyl (C=O) groups excluding carboxylic acids is 2. The molecule has 0 bridgehead atoms. The van der Waals surface area contributed by atoms with Crippen LogP contribution in [0, 0.1) is 19.8 Å². The maximum atomic E-state index is 12.2. The van der Waals surface area contributed by atoms with Crippen LogP contribution in [0.15, 0.2) is 18.2 Å². The van der Waals surface area contributed by atoms with Gasteiger partial charge in [0.25, 0.3) is 0 Å². The predicted molar refractivity (Wildman–Crippen MR) is 98.6 cm³/mol. The molecule has 0 aliphatic carbocycles. The number of methoxy groups -OCH3 is 1. The van der Waals surface area contributed by atoms with Gasteiger partial charge in [-0.05, 0) is 63.0 Å². The van der Waals surface area contributed by atoms with Gasteiger partial charge in [-0.25, -0.2) is 0 Å². The lowest BCUT2D eigenvalue weighted by Gasteiger charge is -2.30. The first-order valence-electron chi connectivity index (χ1n) is 8.85. The molecule has 0 aromatic heterocycles. The molecule has 1 aliphatic rings. The number of nitrogens with one attached hydrogen (secondary N) is 2. The van der Waals surface area contributed by atoms with Crippen LogP contribution < -0.4 is 10.6 Å².